The first-order chi connectivity index (χ1) is 12.7. The number of aromatic hydroxyl groups is 1. The summed E-state index contributed by atoms with van der Waals surface area (Å²) in [5.74, 6) is 0.238. The van der Waals surface area contributed by atoms with Gasteiger partial charge in [0.2, 0.25) is 0 Å². The van der Waals surface area contributed by atoms with Gasteiger partial charge >= 0.3 is 0 Å². The van der Waals surface area contributed by atoms with E-state index < -0.39 is 0 Å². The number of pyridine rings is 1. The number of H-pyrrole nitrogens is 1. The monoisotopic (exact) mass is 350 g/mol. The minimum absolute atomic E-state index is 0.0190. The predicted molar refractivity (Wildman–Crippen MR) is 104 cm³/mol. The fraction of sp³-hybridized carbons (Fsp3) is 0.190. The number of aromatic amines is 1. The summed E-state index contributed by atoms with van der Waals surface area (Å²) in [4.78, 5) is 7.63. The largest absolute Gasteiger partial charge is 0.508 e. The summed E-state index contributed by atoms with van der Waals surface area (Å²) in [6.45, 7) is 6.25. The Bertz CT molecular complexity index is 915. The Kier molecular flexibility index (Phi) is 5.84. The SMILES string of the molecule is C=CC(C)OCOC/C=C/c1c[nH]c2ncc(-c3cccc(O)c3)cc12. The van der Waals surface area contributed by atoms with Gasteiger partial charge in [-0.25, -0.2) is 4.98 Å². The standard InChI is InChI=1S/C21H22N2O3/c1-3-15(2)26-14-25-9-5-7-17-12-22-21-20(17)11-18(13-23-21)16-6-4-8-19(24)10-16/h3-8,10-13,15,24H,1,9,14H2,2H3,(H,22,23)/b7-5+. The number of hydrogen-bond donors (Lipinski definition) is 2. The maximum Gasteiger partial charge on any atom is 0.147 e. The highest BCUT2D eigenvalue weighted by Crippen LogP contribution is 2.27. The van der Waals surface area contributed by atoms with Crippen LogP contribution in [-0.4, -0.2) is 34.6 Å². The van der Waals surface area contributed by atoms with Crippen molar-refractivity contribution < 1.29 is 14.6 Å². The van der Waals surface area contributed by atoms with E-state index in [4.69, 9.17) is 9.47 Å². The van der Waals surface area contributed by atoms with E-state index in [2.05, 4.69) is 22.6 Å². The van der Waals surface area contributed by atoms with Gasteiger partial charge in [0.15, 0.2) is 0 Å². The van der Waals surface area contributed by atoms with Gasteiger partial charge in [0, 0.05) is 28.9 Å². The smallest absolute Gasteiger partial charge is 0.147 e. The Morgan fingerprint density at radius 2 is 2.19 bits per heavy atom. The summed E-state index contributed by atoms with van der Waals surface area (Å²) in [5, 5.41) is 10.7. The van der Waals surface area contributed by atoms with Gasteiger partial charge < -0.3 is 19.6 Å². The number of nitrogens with zero attached hydrogens (tertiary/aromatic N) is 1. The topological polar surface area (TPSA) is 67.4 Å². The van der Waals surface area contributed by atoms with Crippen molar-refractivity contribution in [2.75, 3.05) is 13.4 Å². The highest BCUT2D eigenvalue weighted by atomic mass is 16.7. The van der Waals surface area contributed by atoms with Crippen molar-refractivity contribution in [2.45, 2.75) is 13.0 Å². The molecule has 0 aliphatic rings. The summed E-state index contributed by atoms with van der Waals surface area (Å²) in [6.07, 6.45) is 9.34. The summed E-state index contributed by atoms with van der Waals surface area (Å²) in [5.41, 5.74) is 3.72. The third-order valence-electron chi connectivity index (χ3n) is 4.00. The van der Waals surface area contributed by atoms with Crippen LogP contribution in [0.3, 0.4) is 0 Å². The molecule has 134 valence electrons. The zero-order chi connectivity index (χ0) is 18.4. The van der Waals surface area contributed by atoms with E-state index in [1.807, 2.05) is 37.4 Å². The molecule has 1 aromatic carbocycles. The van der Waals surface area contributed by atoms with Gasteiger partial charge in [-0.15, -0.1) is 6.58 Å². The fourth-order valence-electron chi connectivity index (χ4n) is 2.52. The van der Waals surface area contributed by atoms with Gasteiger partial charge in [-0.1, -0.05) is 30.4 Å². The highest BCUT2D eigenvalue weighted by Gasteiger charge is 2.06. The lowest BCUT2D eigenvalue weighted by molar-refractivity contribution is -0.0613. The Labute approximate surface area is 152 Å². The number of fused-ring (bicyclic) bond motifs is 1. The first-order valence-electron chi connectivity index (χ1n) is 8.42. The molecule has 0 bridgehead atoms. The molecule has 0 radical (unpaired) electrons. The van der Waals surface area contributed by atoms with Crippen molar-refractivity contribution >= 4 is 17.1 Å². The highest BCUT2D eigenvalue weighted by molar-refractivity contribution is 5.89. The predicted octanol–water partition coefficient (Wildman–Crippen LogP) is 4.51. The molecule has 5 nitrogen and oxygen atoms in total. The Morgan fingerprint density at radius 1 is 1.31 bits per heavy atom. The zero-order valence-electron chi connectivity index (χ0n) is 14.7. The van der Waals surface area contributed by atoms with Gasteiger partial charge in [0.05, 0.1) is 12.7 Å². The van der Waals surface area contributed by atoms with Crippen LogP contribution in [0.15, 0.2) is 61.5 Å². The van der Waals surface area contributed by atoms with Crippen LogP contribution in [0, 0.1) is 0 Å². The van der Waals surface area contributed by atoms with Crippen molar-refractivity contribution in [1.29, 1.82) is 0 Å². The van der Waals surface area contributed by atoms with E-state index in [0.717, 1.165) is 27.7 Å². The summed E-state index contributed by atoms with van der Waals surface area (Å²) >= 11 is 0. The second kappa shape index (κ2) is 8.47. The molecule has 0 aliphatic carbocycles. The number of aromatic nitrogens is 2. The zero-order valence-corrected chi connectivity index (χ0v) is 14.7. The van der Waals surface area contributed by atoms with Crippen molar-refractivity contribution in [1.82, 2.24) is 9.97 Å². The Balaban J connectivity index is 1.70. The number of phenolic OH excluding ortho intramolecular Hbond substituents is 1. The quantitative estimate of drug-likeness (QED) is 0.356. The van der Waals surface area contributed by atoms with Crippen LogP contribution in [0.4, 0.5) is 0 Å². The number of rotatable bonds is 8. The molecule has 5 heteroatoms. The molecule has 1 atom stereocenters. The van der Waals surface area contributed by atoms with Crippen LogP contribution in [0.25, 0.3) is 28.2 Å². The molecule has 3 rings (SSSR count). The second-order valence-electron chi connectivity index (χ2n) is 5.91. The third kappa shape index (κ3) is 4.39. The maximum atomic E-state index is 9.67. The lowest BCUT2D eigenvalue weighted by Gasteiger charge is -2.07. The maximum absolute atomic E-state index is 9.67. The van der Waals surface area contributed by atoms with E-state index in [1.54, 1.807) is 24.4 Å². The second-order valence-corrected chi connectivity index (χ2v) is 5.91. The van der Waals surface area contributed by atoms with E-state index in [-0.39, 0.29) is 18.6 Å². The van der Waals surface area contributed by atoms with Gasteiger partial charge in [-0.05, 0) is 30.7 Å². The van der Waals surface area contributed by atoms with Crippen molar-refractivity contribution in [3.63, 3.8) is 0 Å². The normalized spacial score (nSPS) is 12.7. The fourth-order valence-corrected chi connectivity index (χ4v) is 2.52. The van der Waals surface area contributed by atoms with Crippen molar-refractivity contribution in [2.24, 2.45) is 0 Å². The molecule has 0 saturated carbocycles. The number of nitrogens with one attached hydrogen (secondary N) is 1. The molecule has 2 N–H and O–H groups in total. The van der Waals surface area contributed by atoms with Crippen LogP contribution in [-0.2, 0) is 9.47 Å². The molecule has 2 heterocycles. The molecule has 2 aromatic heterocycles. The Hall–Kier alpha value is -2.89. The molecule has 0 amide bonds. The molecule has 26 heavy (non-hydrogen) atoms. The molecule has 0 fully saturated rings. The molecule has 0 spiro atoms. The average Bonchev–Trinajstić information content (AvgIpc) is 3.06. The Morgan fingerprint density at radius 3 is 3.00 bits per heavy atom. The van der Waals surface area contributed by atoms with E-state index >= 15 is 0 Å². The number of phenols is 1. The van der Waals surface area contributed by atoms with Gasteiger partial charge in [-0.2, -0.15) is 0 Å². The van der Waals surface area contributed by atoms with Gasteiger partial charge in [0.25, 0.3) is 0 Å². The van der Waals surface area contributed by atoms with Crippen LogP contribution in [0.2, 0.25) is 0 Å². The molecule has 3 aromatic rings. The number of ether oxygens (including phenoxy) is 2. The molecule has 0 saturated heterocycles. The summed E-state index contributed by atoms with van der Waals surface area (Å²) in [7, 11) is 0. The molecule has 0 aliphatic heterocycles. The van der Waals surface area contributed by atoms with Crippen molar-refractivity contribution in [3.8, 4) is 16.9 Å². The first-order valence-corrected chi connectivity index (χ1v) is 8.42. The summed E-state index contributed by atoms with van der Waals surface area (Å²) < 4.78 is 10.8. The third-order valence-corrected chi connectivity index (χ3v) is 4.00. The van der Waals surface area contributed by atoms with Gasteiger partial charge in [-0.3, -0.25) is 0 Å². The van der Waals surface area contributed by atoms with Crippen LogP contribution < -0.4 is 0 Å². The molecule has 1 unspecified atom stereocenters. The van der Waals surface area contributed by atoms with E-state index in [0.29, 0.717) is 6.61 Å². The molecular weight excluding hydrogens is 328 g/mol. The van der Waals surface area contributed by atoms with Crippen molar-refractivity contribution in [3.05, 3.63) is 67.0 Å². The number of hydrogen-bond acceptors (Lipinski definition) is 4. The van der Waals surface area contributed by atoms with Crippen LogP contribution >= 0.6 is 0 Å². The minimum Gasteiger partial charge on any atom is -0.508 e. The number of benzene rings is 1. The minimum atomic E-state index is -0.0190. The van der Waals surface area contributed by atoms with Crippen LogP contribution in [0.5, 0.6) is 5.75 Å². The van der Waals surface area contributed by atoms with Crippen LogP contribution in [0.1, 0.15) is 12.5 Å². The van der Waals surface area contributed by atoms with Gasteiger partial charge in [0.1, 0.15) is 18.2 Å². The van der Waals surface area contributed by atoms with E-state index in [1.165, 1.54) is 0 Å². The summed E-state index contributed by atoms with van der Waals surface area (Å²) in [6, 6.07) is 9.20. The first kappa shape index (κ1) is 17.9. The average molecular weight is 350 g/mol. The lowest BCUT2D eigenvalue weighted by atomic mass is 10.1. The molecular formula is C21H22N2O3. The van der Waals surface area contributed by atoms with E-state index in [9.17, 15) is 5.11 Å². The lowest BCUT2D eigenvalue weighted by Crippen LogP contribution is -2.07.